The number of halogens is 2. The van der Waals surface area contributed by atoms with Crippen LogP contribution < -0.4 is 16.2 Å². The maximum Gasteiger partial charge on any atom is 0.269 e. The number of nitrogens with one attached hydrogen (secondary N) is 3. The van der Waals surface area contributed by atoms with E-state index in [-0.39, 0.29) is 17.2 Å². The van der Waals surface area contributed by atoms with Crippen molar-refractivity contribution in [1.82, 2.24) is 10.9 Å². The van der Waals surface area contributed by atoms with E-state index in [1.54, 1.807) is 37.3 Å². The number of anilines is 1. The van der Waals surface area contributed by atoms with Crippen LogP contribution in [0.1, 0.15) is 43.6 Å². The molecule has 0 radical (unpaired) electrons. The first-order valence-corrected chi connectivity index (χ1v) is 9.43. The number of hydrogen-bond donors (Lipinski definition) is 3. The van der Waals surface area contributed by atoms with E-state index in [9.17, 15) is 9.59 Å². The van der Waals surface area contributed by atoms with Crippen LogP contribution in [-0.2, 0) is 10.2 Å². The molecule has 0 saturated heterocycles. The lowest BCUT2D eigenvalue weighted by atomic mass is 9.87. The highest BCUT2D eigenvalue weighted by atomic mass is 35.5. The molecule has 2 rings (SSSR count). The molecule has 7 heteroatoms. The van der Waals surface area contributed by atoms with Crippen LogP contribution in [0.3, 0.4) is 0 Å². The van der Waals surface area contributed by atoms with Gasteiger partial charge in [0.25, 0.3) is 5.91 Å². The lowest BCUT2D eigenvalue weighted by Gasteiger charge is -2.19. The Labute approximate surface area is 175 Å². The summed E-state index contributed by atoms with van der Waals surface area (Å²) in [4.78, 5) is 24.3. The van der Waals surface area contributed by atoms with Gasteiger partial charge < -0.3 is 10.7 Å². The molecule has 2 aromatic carbocycles. The van der Waals surface area contributed by atoms with Gasteiger partial charge in [0, 0.05) is 23.0 Å². The maximum atomic E-state index is 12.2. The molecule has 28 heavy (non-hydrogen) atoms. The third-order valence-corrected chi connectivity index (χ3v) is 4.66. The van der Waals surface area contributed by atoms with Crippen molar-refractivity contribution in [2.24, 2.45) is 0 Å². The number of rotatable bonds is 5. The molecule has 0 bridgehead atoms. The molecule has 5 nitrogen and oxygen atoms in total. The molecule has 2 amide bonds. The molecular formula is C21H23Cl2N3O2. The Kier molecular flexibility index (Phi) is 7.11. The molecule has 0 aliphatic rings. The van der Waals surface area contributed by atoms with Crippen LogP contribution in [-0.4, -0.2) is 11.8 Å². The van der Waals surface area contributed by atoms with E-state index in [1.165, 1.54) is 6.08 Å². The standard InChI is InChI=1S/C21H23Cl2N3O2/c1-13(11-19(27)24-16-9-10-17(22)18(23)12-16)25-26-20(28)14-5-7-15(8-6-14)21(2,3)4/h5-12,25H,1-4H3,(H,24,27)(H,26,28). The Morgan fingerprint density at radius 1 is 0.929 bits per heavy atom. The van der Waals surface area contributed by atoms with E-state index in [0.29, 0.717) is 27.0 Å². The highest BCUT2D eigenvalue weighted by Crippen LogP contribution is 2.25. The fourth-order valence-electron chi connectivity index (χ4n) is 2.33. The molecule has 0 saturated carbocycles. The number of hydrogen-bond acceptors (Lipinski definition) is 3. The molecule has 0 aliphatic carbocycles. The highest BCUT2D eigenvalue weighted by molar-refractivity contribution is 6.42. The minimum absolute atomic E-state index is 0.0221. The lowest BCUT2D eigenvalue weighted by molar-refractivity contribution is -0.112. The van der Waals surface area contributed by atoms with Gasteiger partial charge in [-0.1, -0.05) is 56.1 Å². The fourth-order valence-corrected chi connectivity index (χ4v) is 2.63. The molecule has 0 unspecified atom stereocenters. The topological polar surface area (TPSA) is 70.2 Å². The van der Waals surface area contributed by atoms with E-state index < -0.39 is 0 Å². The highest BCUT2D eigenvalue weighted by Gasteiger charge is 2.14. The Balaban J connectivity index is 1.91. The zero-order valence-corrected chi connectivity index (χ0v) is 17.7. The molecule has 0 fully saturated rings. The number of hydrazine groups is 1. The van der Waals surface area contributed by atoms with Crippen molar-refractivity contribution in [3.8, 4) is 0 Å². The minimum Gasteiger partial charge on any atom is -0.322 e. The summed E-state index contributed by atoms with van der Waals surface area (Å²) in [6, 6.07) is 12.2. The number of allylic oxidation sites excluding steroid dienone is 1. The van der Waals surface area contributed by atoms with Crippen LogP contribution in [0.2, 0.25) is 10.0 Å². The van der Waals surface area contributed by atoms with Gasteiger partial charge in [0.2, 0.25) is 5.91 Å². The van der Waals surface area contributed by atoms with Gasteiger partial charge in [0.1, 0.15) is 0 Å². The second kappa shape index (κ2) is 9.13. The second-order valence-corrected chi connectivity index (χ2v) is 8.17. The summed E-state index contributed by atoms with van der Waals surface area (Å²) < 4.78 is 0. The zero-order valence-electron chi connectivity index (χ0n) is 16.2. The van der Waals surface area contributed by atoms with Gasteiger partial charge >= 0.3 is 0 Å². The van der Waals surface area contributed by atoms with Crippen molar-refractivity contribution in [3.05, 3.63) is 75.4 Å². The summed E-state index contributed by atoms with van der Waals surface area (Å²) in [7, 11) is 0. The van der Waals surface area contributed by atoms with Crippen molar-refractivity contribution in [2.75, 3.05) is 5.32 Å². The molecule has 0 atom stereocenters. The Morgan fingerprint density at radius 2 is 1.57 bits per heavy atom. The zero-order chi connectivity index (χ0) is 20.9. The van der Waals surface area contributed by atoms with Gasteiger partial charge in [0.15, 0.2) is 0 Å². The number of amides is 2. The smallest absolute Gasteiger partial charge is 0.269 e. The predicted molar refractivity (Wildman–Crippen MR) is 115 cm³/mol. The third kappa shape index (κ3) is 6.29. The lowest BCUT2D eigenvalue weighted by Crippen LogP contribution is -2.36. The minimum atomic E-state index is -0.368. The molecule has 3 N–H and O–H groups in total. The van der Waals surface area contributed by atoms with Crippen molar-refractivity contribution >= 4 is 40.7 Å². The van der Waals surface area contributed by atoms with Crippen LogP contribution in [0.4, 0.5) is 5.69 Å². The van der Waals surface area contributed by atoms with Gasteiger partial charge in [-0.05, 0) is 48.2 Å². The SMILES string of the molecule is CC(=CC(=O)Nc1ccc(Cl)c(Cl)c1)NNC(=O)c1ccc(C(C)(C)C)cc1. The van der Waals surface area contributed by atoms with Crippen LogP contribution >= 0.6 is 23.2 Å². The monoisotopic (exact) mass is 419 g/mol. The summed E-state index contributed by atoms with van der Waals surface area (Å²) in [5.74, 6) is -0.662. The first-order chi connectivity index (χ1) is 13.1. The number of benzene rings is 2. The molecule has 0 heterocycles. The average molecular weight is 420 g/mol. The van der Waals surface area contributed by atoms with E-state index in [1.807, 2.05) is 12.1 Å². The summed E-state index contributed by atoms with van der Waals surface area (Å²) in [6.07, 6.45) is 1.32. The summed E-state index contributed by atoms with van der Waals surface area (Å²) in [5, 5.41) is 3.43. The fraction of sp³-hybridized carbons (Fsp3) is 0.238. The third-order valence-electron chi connectivity index (χ3n) is 3.92. The van der Waals surface area contributed by atoms with Crippen molar-refractivity contribution < 1.29 is 9.59 Å². The van der Waals surface area contributed by atoms with Gasteiger partial charge in [-0.2, -0.15) is 0 Å². The van der Waals surface area contributed by atoms with Crippen LogP contribution in [0.15, 0.2) is 54.2 Å². The first-order valence-electron chi connectivity index (χ1n) is 8.67. The van der Waals surface area contributed by atoms with Crippen molar-refractivity contribution in [3.63, 3.8) is 0 Å². The van der Waals surface area contributed by atoms with Crippen LogP contribution in [0, 0.1) is 0 Å². The normalized spacial score (nSPS) is 11.7. The average Bonchev–Trinajstić information content (AvgIpc) is 2.62. The number of carbonyl (C=O) groups excluding carboxylic acids is 2. The number of carbonyl (C=O) groups is 2. The van der Waals surface area contributed by atoms with E-state index in [4.69, 9.17) is 23.2 Å². The van der Waals surface area contributed by atoms with E-state index in [0.717, 1.165) is 5.56 Å². The molecule has 0 spiro atoms. The molecule has 148 valence electrons. The Bertz CT molecular complexity index is 901. The predicted octanol–water partition coefficient (Wildman–Crippen LogP) is 5.07. The van der Waals surface area contributed by atoms with Crippen LogP contribution in [0.25, 0.3) is 0 Å². The van der Waals surface area contributed by atoms with Gasteiger partial charge in [0.05, 0.1) is 10.0 Å². The molecule has 2 aromatic rings. The maximum absolute atomic E-state index is 12.2. The molecule has 0 aromatic heterocycles. The largest absolute Gasteiger partial charge is 0.322 e. The summed E-state index contributed by atoms with van der Waals surface area (Å²) in [6.45, 7) is 8.00. The van der Waals surface area contributed by atoms with Crippen LogP contribution in [0.5, 0.6) is 0 Å². The Hall–Kier alpha value is -2.50. The van der Waals surface area contributed by atoms with Gasteiger partial charge in [-0.3, -0.25) is 15.0 Å². The van der Waals surface area contributed by atoms with E-state index in [2.05, 4.69) is 36.9 Å². The molecular weight excluding hydrogens is 397 g/mol. The first kappa shape index (κ1) is 21.8. The summed E-state index contributed by atoms with van der Waals surface area (Å²) >= 11 is 11.8. The van der Waals surface area contributed by atoms with Gasteiger partial charge in [-0.25, -0.2) is 0 Å². The molecule has 0 aliphatic heterocycles. The van der Waals surface area contributed by atoms with Gasteiger partial charge in [-0.15, -0.1) is 0 Å². The Morgan fingerprint density at radius 3 is 2.14 bits per heavy atom. The van der Waals surface area contributed by atoms with Crippen molar-refractivity contribution in [2.45, 2.75) is 33.1 Å². The summed E-state index contributed by atoms with van der Waals surface area (Å²) in [5.41, 5.74) is 7.96. The second-order valence-electron chi connectivity index (χ2n) is 7.35. The quantitative estimate of drug-likeness (QED) is 0.467. The van der Waals surface area contributed by atoms with Crippen molar-refractivity contribution in [1.29, 1.82) is 0 Å². The van der Waals surface area contributed by atoms with E-state index >= 15 is 0 Å².